The van der Waals surface area contributed by atoms with E-state index in [1.54, 1.807) is 18.2 Å². The van der Waals surface area contributed by atoms with Crippen molar-refractivity contribution in [2.75, 3.05) is 0 Å². The Morgan fingerprint density at radius 2 is 1.70 bits per heavy atom. The standard InChI is InChI=1S/C23H16ClFN2O2S/c24-17-5-1-16(2-6-17)14-29-20-11-3-15(4-12-20)13-21-22(28)27-23(30-21)26-19-9-7-18(25)8-10-19/h1-13H,14H2,(H,26,27,28)/b21-13+. The van der Waals surface area contributed by atoms with E-state index in [9.17, 15) is 9.18 Å². The molecule has 1 heterocycles. The van der Waals surface area contributed by atoms with Crippen molar-refractivity contribution in [2.45, 2.75) is 6.61 Å². The Morgan fingerprint density at radius 1 is 1.00 bits per heavy atom. The zero-order valence-corrected chi connectivity index (χ0v) is 17.2. The quantitative estimate of drug-likeness (QED) is 0.501. The molecule has 0 spiro atoms. The van der Waals surface area contributed by atoms with Gasteiger partial charge < -0.3 is 10.1 Å². The number of aliphatic imine (C=N–C) groups is 1. The molecule has 4 rings (SSSR count). The van der Waals surface area contributed by atoms with Crippen LogP contribution in [0.25, 0.3) is 6.08 Å². The Kier molecular flexibility index (Phi) is 6.16. The van der Waals surface area contributed by atoms with Crippen molar-refractivity contribution in [1.82, 2.24) is 5.32 Å². The van der Waals surface area contributed by atoms with Gasteiger partial charge in [0.1, 0.15) is 18.2 Å². The lowest BCUT2D eigenvalue weighted by molar-refractivity contribution is -0.115. The summed E-state index contributed by atoms with van der Waals surface area (Å²) in [4.78, 5) is 17.1. The molecule has 0 bridgehead atoms. The summed E-state index contributed by atoms with van der Waals surface area (Å²) in [5.74, 6) is 0.182. The summed E-state index contributed by atoms with van der Waals surface area (Å²) in [5.41, 5.74) is 2.47. The van der Waals surface area contributed by atoms with Crippen LogP contribution >= 0.6 is 23.4 Å². The minimum absolute atomic E-state index is 0.219. The average molecular weight is 439 g/mol. The van der Waals surface area contributed by atoms with Crippen LogP contribution in [0, 0.1) is 5.82 Å². The Morgan fingerprint density at radius 3 is 2.40 bits per heavy atom. The second-order valence-electron chi connectivity index (χ2n) is 6.44. The number of carbonyl (C=O) groups excluding carboxylic acids is 1. The van der Waals surface area contributed by atoms with E-state index >= 15 is 0 Å². The smallest absolute Gasteiger partial charge is 0.264 e. The minimum atomic E-state index is -0.330. The molecule has 1 amide bonds. The highest BCUT2D eigenvalue weighted by Crippen LogP contribution is 2.28. The van der Waals surface area contributed by atoms with E-state index < -0.39 is 0 Å². The molecule has 3 aromatic carbocycles. The molecule has 4 nitrogen and oxygen atoms in total. The van der Waals surface area contributed by atoms with E-state index in [1.807, 2.05) is 48.5 Å². The molecule has 30 heavy (non-hydrogen) atoms. The lowest BCUT2D eigenvalue weighted by Crippen LogP contribution is -2.19. The van der Waals surface area contributed by atoms with Gasteiger partial charge in [-0.15, -0.1) is 0 Å². The fourth-order valence-electron chi connectivity index (χ4n) is 2.67. The molecule has 0 aromatic heterocycles. The number of rotatable bonds is 5. The van der Waals surface area contributed by atoms with Gasteiger partial charge in [0.15, 0.2) is 5.17 Å². The largest absolute Gasteiger partial charge is 0.489 e. The number of hydrogen-bond acceptors (Lipinski definition) is 4. The number of halogens is 2. The fraction of sp³-hybridized carbons (Fsp3) is 0.0435. The van der Waals surface area contributed by atoms with E-state index in [0.717, 1.165) is 16.9 Å². The first-order chi connectivity index (χ1) is 14.5. The third kappa shape index (κ3) is 5.28. The molecule has 7 heteroatoms. The van der Waals surface area contributed by atoms with Crippen LogP contribution < -0.4 is 10.1 Å². The number of ether oxygens (including phenoxy) is 1. The second kappa shape index (κ2) is 9.15. The summed E-state index contributed by atoms with van der Waals surface area (Å²) in [6.45, 7) is 0.444. The normalized spacial score (nSPS) is 16.1. The van der Waals surface area contributed by atoms with Gasteiger partial charge in [-0.25, -0.2) is 9.38 Å². The van der Waals surface area contributed by atoms with Gasteiger partial charge in [-0.2, -0.15) is 0 Å². The van der Waals surface area contributed by atoms with Gasteiger partial charge in [0, 0.05) is 5.02 Å². The van der Waals surface area contributed by atoms with E-state index in [4.69, 9.17) is 16.3 Å². The van der Waals surface area contributed by atoms with Gasteiger partial charge in [-0.1, -0.05) is 35.9 Å². The molecular weight excluding hydrogens is 423 g/mol. The number of benzene rings is 3. The number of nitrogens with zero attached hydrogens (tertiary/aromatic N) is 1. The van der Waals surface area contributed by atoms with E-state index in [2.05, 4.69) is 10.3 Å². The summed E-state index contributed by atoms with van der Waals surface area (Å²) in [6, 6.07) is 20.7. The molecule has 0 atom stereocenters. The first-order valence-electron chi connectivity index (χ1n) is 9.08. The van der Waals surface area contributed by atoms with Crippen LogP contribution in [-0.2, 0) is 11.4 Å². The third-order valence-electron chi connectivity index (χ3n) is 4.20. The number of thioether (sulfide) groups is 1. The topological polar surface area (TPSA) is 50.7 Å². The van der Waals surface area contributed by atoms with Gasteiger partial charge in [0.2, 0.25) is 0 Å². The predicted octanol–water partition coefficient (Wildman–Crippen LogP) is 5.95. The molecule has 0 unspecified atom stereocenters. The Hall–Kier alpha value is -3.09. The van der Waals surface area contributed by atoms with Crippen LogP contribution in [0.15, 0.2) is 82.7 Å². The summed E-state index contributed by atoms with van der Waals surface area (Å²) in [6.07, 6.45) is 1.79. The summed E-state index contributed by atoms with van der Waals surface area (Å²) in [7, 11) is 0. The molecule has 1 N–H and O–H groups in total. The van der Waals surface area contributed by atoms with E-state index in [1.165, 1.54) is 23.9 Å². The number of amides is 1. The molecule has 0 aliphatic carbocycles. The molecule has 1 fully saturated rings. The second-order valence-corrected chi connectivity index (χ2v) is 7.91. The van der Waals surface area contributed by atoms with Gasteiger partial charge in [0.25, 0.3) is 5.91 Å². The van der Waals surface area contributed by atoms with Crippen molar-refractivity contribution in [3.8, 4) is 5.75 Å². The SMILES string of the molecule is O=C1NC(=Nc2ccc(F)cc2)S/C1=C/c1ccc(OCc2ccc(Cl)cc2)cc1. The Balaban J connectivity index is 1.39. The Bertz CT molecular complexity index is 1110. The fourth-order valence-corrected chi connectivity index (χ4v) is 3.64. The van der Waals surface area contributed by atoms with Crippen LogP contribution in [-0.4, -0.2) is 11.1 Å². The van der Waals surface area contributed by atoms with E-state index in [-0.39, 0.29) is 11.7 Å². The zero-order chi connectivity index (χ0) is 20.9. The minimum Gasteiger partial charge on any atom is -0.489 e. The van der Waals surface area contributed by atoms with Crippen molar-refractivity contribution in [3.63, 3.8) is 0 Å². The number of hydrogen-bond donors (Lipinski definition) is 1. The van der Waals surface area contributed by atoms with Crippen LogP contribution in [0.2, 0.25) is 5.02 Å². The molecule has 0 saturated carbocycles. The highest BCUT2D eigenvalue weighted by molar-refractivity contribution is 8.18. The van der Waals surface area contributed by atoms with Gasteiger partial charge in [0.05, 0.1) is 10.6 Å². The lowest BCUT2D eigenvalue weighted by Gasteiger charge is -2.06. The summed E-state index contributed by atoms with van der Waals surface area (Å²) < 4.78 is 18.8. The third-order valence-corrected chi connectivity index (χ3v) is 5.37. The van der Waals surface area contributed by atoms with Gasteiger partial charge >= 0.3 is 0 Å². The monoisotopic (exact) mass is 438 g/mol. The first-order valence-corrected chi connectivity index (χ1v) is 10.3. The molecule has 150 valence electrons. The molecule has 3 aromatic rings. The molecular formula is C23H16ClFN2O2S. The molecule has 1 saturated heterocycles. The van der Waals surface area contributed by atoms with Crippen molar-refractivity contribution < 1.29 is 13.9 Å². The number of amidine groups is 1. The van der Waals surface area contributed by atoms with Crippen LogP contribution in [0.4, 0.5) is 10.1 Å². The predicted molar refractivity (Wildman–Crippen MR) is 119 cm³/mol. The van der Waals surface area contributed by atoms with Gasteiger partial charge in [-0.3, -0.25) is 4.79 Å². The van der Waals surface area contributed by atoms with Gasteiger partial charge in [-0.05, 0) is 77.5 Å². The number of carbonyl (C=O) groups is 1. The van der Waals surface area contributed by atoms with E-state index in [0.29, 0.717) is 27.4 Å². The maximum absolute atomic E-state index is 13.0. The maximum Gasteiger partial charge on any atom is 0.264 e. The highest BCUT2D eigenvalue weighted by Gasteiger charge is 2.23. The molecule has 0 radical (unpaired) electrons. The Labute approximate surface area is 182 Å². The average Bonchev–Trinajstić information content (AvgIpc) is 3.09. The lowest BCUT2D eigenvalue weighted by atomic mass is 10.2. The maximum atomic E-state index is 13.0. The summed E-state index contributed by atoms with van der Waals surface area (Å²) >= 11 is 7.12. The van der Waals surface area contributed by atoms with Crippen LogP contribution in [0.5, 0.6) is 5.75 Å². The zero-order valence-electron chi connectivity index (χ0n) is 15.6. The van der Waals surface area contributed by atoms with Crippen molar-refractivity contribution in [3.05, 3.63) is 99.7 Å². The molecule has 1 aliphatic rings. The van der Waals surface area contributed by atoms with Crippen LogP contribution in [0.3, 0.4) is 0 Å². The first kappa shape index (κ1) is 20.2. The summed E-state index contributed by atoms with van der Waals surface area (Å²) in [5, 5.41) is 3.87. The van der Waals surface area contributed by atoms with Crippen molar-refractivity contribution in [1.29, 1.82) is 0 Å². The van der Waals surface area contributed by atoms with Crippen molar-refractivity contribution in [2.24, 2.45) is 4.99 Å². The van der Waals surface area contributed by atoms with Crippen LogP contribution in [0.1, 0.15) is 11.1 Å². The highest BCUT2D eigenvalue weighted by atomic mass is 35.5. The van der Waals surface area contributed by atoms with Crippen molar-refractivity contribution >= 4 is 46.2 Å². The number of nitrogens with one attached hydrogen (secondary N) is 1. The molecule has 1 aliphatic heterocycles.